The average Bonchev–Trinajstić information content (AvgIpc) is 3.20. The van der Waals surface area contributed by atoms with Gasteiger partial charge < -0.3 is 10.1 Å². The number of rotatable bonds is 6. The van der Waals surface area contributed by atoms with Crippen LogP contribution in [0.5, 0.6) is 5.75 Å². The Balaban J connectivity index is 1.56. The number of aromatic nitrogens is 2. The molecule has 0 unspecified atom stereocenters. The molecule has 0 saturated carbocycles. The molecule has 2 aromatic heterocycles. The van der Waals surface area contributed by atoms with E-state index in [-0.39, 0.29) is 17.2 Å². The van der Waals surface area contributed by atoms with E-state index in [2.05, 4.69) is 5.32 Å². The molecule has 0 saturated heterocycles. The van der Waals surface area contributed by atoms with E-state index < -0.39 is 0 Å². The summed E-state index contributed by atoms with van der Waals surface area (Å²) in [5.41, 5.74) is 4.19. The van der Waals surface area contributed by atoms with Crippen LogP contribution >= 0.6 is 34.7 Å². The van der Waals surface area contributed by atoms with Crippen molar-refractivity contribution in [1.29, 1.82) is 0 Å². The number of halogens is 1. The molecule has 2 heterocycles. The van der Waals surface area contributed by atoms with Crippen molar-refractivity contribution in [3.8, 4) is 16.9 Å². The van der Waals surface area contributed by atoms with Crippen LogP contribution in [0.25, 0.3) is 21.3 Å². The number of nitrogens with zero attached hydrogens (tertiary/aromatic N) is 2. The smallest absolute Gasteiger partial charge is 0.271 e. The van der Waals surface area contributed by atoms with Crippen molar-refractivity contribution < 1.29 is 9.53 Å². The van der Waals surface area contributed by atoms with E-state index in [1.54, 1.807) is 25.2 Å². The maximum absolute atomic E-state index is 12.9. The van der Waals surface area contributed by atoms with Crippen LogP contribution in [0.4, 0.5) is 5.69 Å². The van der Waals surface area contributed by atoms with Crippen LogP contribution in [-0.4, -0.2) is 28.3 Å². The molecule has 0 spiro atoms. The highest BCUT2D eigenvalue weighted by Gasteiger charge is 2.16. The minimum Gasteiger partial charge on any atom is -0.495 e. The summed E-state index contributed by atoms with van der Waals surface area (Å²) < 4.78 is 7.21. The Bertz CT molecular complexity index is 1360. The minimum atomic E-state index is -0.227. The fourth-order valence-electron chi connectivity index (χ4n) is 3.16. The quantitative estimate of drug-likeness (QED) is 0.294. The number of carbonyl (C=O) groups excluding carboxylic acids is 1. The van der Waals surface area contributed by atoms with Gasteiger partial charge in [-0.2, -0.15) is 0 Å². The monoisotopic (exact) mass is 485 g/mol. The second-order valence-electron chi connectivity index (χ2n) is 7.14. The van der Waals surface area contributed by atoms with Crippen LogP contribution in [0.2, 0.25) is 5.02 Å². The van der Waals surface area contributed by atoms with Crippen molar-refractivity contribution >= 4 is 56.5 Å². The number of thioether (sulfide) groups is 1. The number of thiophene rings is 1. The lowest BCUT2D eigenvalue weighted by Gasteiger charge is -2.10. The highest BCUT2D eigenvalue weighted by Crippen LogP contribution is 2.32. The third-order valence-corrected chi connectivity index (χ3v) is 7.17. The predicted molar refractivity (Wildman–Crippen MR) is 132 cm³/mol. The third-order valence-electron chi connectivity index (χ3n) is 4.89. The summed E-state index contributed by atoms with van der Waals surface area (Å²) in [7, 11) is 3.20. The van der Waals surface area contributed by atoms with Crippen molar-refractivity contribution in [3.63, 3.8) is 0 Å². The van der Waals surface area contributed by atoms with Gasteiger partial charge >= 0.3 is 0 Å². The predicted octanol–water partition coefficient (Wildman–Crippen LogP) is 5.36. The number of ether oxygens (including phenoxy) is 1. The lowest BCUT2D eigenvalue weighted by atomic mass is 10.1. The van der Waals surface area contributed by atoms with Gasteiger partial charge in [-0.15, -0.1) is 11.3 Å². The summed E-state index contributed by atoms with van der Waals surface area (Å²) in [6.45, 7) is 2.03. The number of fused-ring (bicyclic) bond motifs is 1. The Hall–Kier alpha value is -2.81. The summed E-state index contributed by atoms with van der Waals surface area (Å²) in [5.74, 6) is 0.403. The molecule has 1 amide bonds. The highest BCUT2D eigenvalue weighted by molar-refractivity contribution is 7.99. The molecule has 32 heavy (non-hydrogen) atoms. The Kier molecular flexibility index (Phi) is 6.55. The van der Waals surface area contributed by atoms with Crippen LogP contribution in [0.15, 0.2) is 57.8 Å². The second-order valence-corrected chi connectivity index (χ2v) is 9.37. The van der Waals surface area contributed by atoms with Crippen LogP contribution in [0.3, 0.4) is 0 Å². The average molecular weight is 486 g/mol. The van der Waals surface area contributed by atoms with E-state index in [1.165, 1.54) is 34.8 Å². The van der Waals surface area contributed by atoms with Gasteiger partial charge in [0.05, 0.1) is 23.4 Å². The number of methoxy groups -OCH3 is 1. The summed E-state index contributed by atoms with van der Waals surface area (Å²) in [6.07, 6.45) is 0. The number of aryl methyl sites for hydroxylation is 1. The van der Waals surface area contributed by atoms with Gasteiger partial charge in [-0.3, -0.25) is 14.2 Å². The Morgan fingerprint density at radius 1 is 1.25 bits per heavy atom. The first-order chi connectivity index (χ1) is 15.4. The molecule has 6 nitrogen and oxygen atoms in total. The topological polar surface area (TPSA) is 73.2 Å². The van der Waals surface area contributed by atoms with Gasteiger partial charge in [0.2, 0.25) is 5.91 Å². The molecule has 9 heteroatoms. The van der Waals surface area contributed by atoms with E-state index in [0.717, 1.165) is 16.7 Å². The summed E-state index contributed by atoms with van der Waals surface area (Å²) in [5, 5.41) is 5.65. The van der Waals surface area contributed by atoms with E-state index in [1.807, 2.05) is 36.6 Å². The van der Waals surface area contributed by atoms with Gasteiger partial charge in [0, 0.05) is 23.7 Å². The molecule has 164 valence electrons. The zero-order valence-corrected chi connectivity index (χ0v) is 20.0. The lowest BCUT2D eigenvalue weighted by molar-refractivity contribution is -0.113. The zero-order chi connectivity index (χ0) is 22.8. The first-order valence-electron chi connectivity index (χ1n) is 9.69. The number of hydrogen-bond acceptors (Lipinski definition) is 6. The number of carbonyl (C=O) groups is 1. The van der Waals surface area contributed by atoms with E-state index in [9.17, 15) is 9.59 Å². The van der Waals surface area contributed by atoms with E-state index >= 15 is 0 Å². The zero-order valence-electron chi connectivity index (χ0n) is 17.6. The molecule has 1 N–H and O–H groups in total. The second kappa shape index (κ2) is 9.36. The number of nitrogens with one attached hydrogen (secondary N) is 1. The first kappa shape index (κ1) is 22.4. The number of amides is 1. The number of hydrogen-bond donors (Lipinski definition) is 1. The van der Waals surface area contributed by atoms with Gasteiger partial charge in [0.1, 0.15) is 10.4 Å². The molecule has 0 aliphatic carbocycles. The standard InChI is InChI=1S/C23H20ClN3O3S2/c1-13-4-6-14(7-5-13)16-11-31-21-20(16)26-23(27(2)22(21)29)32-12-19(28)25-15-8-9-18(30-3)17(24)10-15/h4-11H,12H2,1-3H3,(H,25,28). The van der Waals surface area contributed by atoms with Gasteiger partial charge in [-0.1, -0.05) is 53.2 Å². The van der Waals surface area contributed by atoms with Gasteiger partial charge in [0.15, 0.2) is 5.16 Å². The summed E-state index contributed by atoms with van der Waals surface area (Å²) in [4.78, 5) is 30.1. The first-order valence-corrected chi connectivity index (χ1v) is 11.9. The highest BCUT2D eigenvalue weighted by atomic mass is 35.5. The normalized spacial score (nSPS) is 11.0. The van der Waals surface area contributed by atoms with Crippen molar-refractivity contribution in [2.24, 2.45) is 7.05 Å². The molecular formula is C23H20ClN3O3S2. The SMILES string of the molecule is COc1ccc(NC(=O)CSc2nc3c(-c4ccc(C)cc4)csc3c(=O)n2C)cc1Cl. The van der Waals surface area contributed by atoms with Crippen molar-refractivity contribution in [1.82, 2.24) is 9.55 Å². The maximum atomic E-state index is 12.9. The Morgan fingerprint density at radius 2 is 2.00 bits per heavy atom. The molecule has 4 rings (SSSR count). The van der Waals surface area contributed by atoms with Crippen LogP contribution in [-0.2, 0) is 11.8 Å². The molecule has 0 radical (unpaired) electrons. The maximum Gasteiger partial charge on any atom is 0.271 e. The van der Waals surface area contributed by atoms with Gasteiger partial charge in [-0.25, -0.2) is 4.98 Å². The van der Waals surface area contributed by atoms with Crippen LogP contribution < -0.4 is 15.6 Å². The van der Waals surface area contributed by atoms with Crippen molar-refractivity contribution in [2.75, 3.05) is 18.2 Å². The molecule has 0 bridgehead atoms. The molecule has 2 aromatic carbocycles. The summed E-state index contributed by atoms with van der Waals surface area (Å²) >= 11 is 8.71. The fraction of sp³-hybridized carbons (Fsp3) is 0.174. The van der Waals surface area contributed by atoms with Crippen molar-refractivity contribution in [3.05, 3.63) is 68.8 Å². The largest absolute Gasteiger partial charge is 0.495 e. The van der Waals surface area contributed by atoms with Gasteiger partial charge in [0.25, 0.3) is 5.56 Å². The Labute approximate surface area is 198 Å². The number of anilines is 1. The molecule has 0 aliphatic heterocycles. The molecule has 0 fully saturated rings. The van der Waals surface area contributed by atoms with Crippen LogP contribution in [0, 0.1) is 6.92 Å². The molecule has 0 atom stereocenters. The third kappa shape index (κ3) is 4.53. The lowest BCUT2D eigenvalue weighted by Crippen LogP contribution is -2.20. The fourth-order valence-corrected chi connectivity index (χ4v) is 5.17. The van der Waals surface area contributed by atoms with Crippen LogP contribution in [0.1, 0.15) is 5.56 Å². The van der Waals surface area contributed by atoms with Gasteiger partial charge in [-0.05, 0) is 30.7 Å². The van der Waals surface area contributed by atoms with Crippen molar-refractivity contribution in [2.45, 2.75) is 12.1 Å². The minimum absolute atomic E-state index is 0.0967. The van der Waals surface area contributed by atoms with E-state index in [0.29, 0.717) is 31.8 Å². The molecule has 0 aliphatic rings. The van der Waals surface area contributed by atoms with E-state index in [4.69, 9.17) is 21.3 Å². The summed E-state index contributed by atoms with van der Waals surface area (Å²) in [6, 6.07) is 13.1. The number of benzene rings is 2. The molecular weight excluding hydrogens is 466 g/mol. The Morgan fingerprint density at radius 3 is 2.69 bits per heavy atom. The molecule has 4 aromatic rings.